The number of rotatable bonds is 6. The highest BCUT2D eigenvalue weighted by molar-refractivity contribution is 7.26. The van der Waals surface area contributed by atoms with Gasteiger partial charge in [-0.1, -0.05) is 146 Å². The number of fused-ring (bicyclic) bond motifs is 9. The molecule has 0 N–H and O–H groups in total. The van der Waals surface area contributed by atoms with Crippen LogP contribution in [0.15, 0.2) is 211 Å². The summed E-state index contributed by atoms with van der Waals surface area (Å²) in [6, 6.07) is 74.5. The fourth-order valence-electron chi connectivity index (χ4n) is 8.93. The second kappa shape index (κ2) is 13.1. The molecule has 0 fully saturated rings. The van der Waals surface area contributed by atoms with Gasteiger partial charge in [0.15, 0.2) is 0 Å². The summed E-state index contributed by atoms with van der Waals surface area (Å²) >= 11 is 1.86. The zero-order valence-corrected chi connectivity index (χ0v) is 32.2. The molecule has 9 aromatic carbocycles. The maximum atomic E-state index is 6.53. The first-order valence-electron chi connectivity index (χ1n) is 19.7. The van der Waals surface area contributed by atoms with Gasteiger partial charge < -0.3 is 13.9 Å². The molecule has 0 radical (unpaired) electrons. The Bertz CT molecular complexity index is 3500. The number of hydrogen-bond donors (Lipinski definition) is 0. The van der Waals surface area contributed by atoms with Gasteiger partial charge in [0.05, 0.1) is 32.5 Å². The number of aromatic nitrogens is 1. The first kappa shape index (κ1) is 32.8. The molecule has 0 spiro atoms. The van der Waals surface area contributed by atoms with Crippen LogP contribution in [0, 0.1) is 0 Å². The van der Waals surface area contributed by atoms with E-state index in [1.165, 1.54) is 64.2 Å². The van der Waals surface area contributed by atoms with Crippen LogP contribution in [0.5, 0.6) is 0 Å². The Hall–Kier alpha value is -7.40. The summed E-state index contributed by atoms with van der Waals surface area (Å²) in [4.78, 5) is 2.46. The largest absolute Gasteiger partial charge is 0.456 e. The predicted molar refractivity (Wildman–Crippen MR) is 247 cm³/mol. The van der Waals surface area contributed by atoms with Crippen molar-refractivity contribution in [3.05, 3.63) is 206 Å². The summed E-state index contributed by atoms with van der Waals surface area (Å²) in [5.41, 5.74) is 13.2. The van der Waals surface area contributed by atoms with Gasteiger partial charge in [0.1, 0.15) is 11.2 Å². The Kier molecular flexibility index (Phi) is 7.40. The second-order valence-electron chi connectivity index (χ2n) is 14.9. The smallest absolute Gasteiger partial charge is 0.137 e. The molecule has 0 aliphatic heterocycles. The summed E-state index contributed by atoms with van der Waals surface area (Å²) in [5, 5.41) is 7.14. The summed E-state index contributed by atoms with van der Waals surface area (Å²) in [6.07, 6.45) is 0. The van der Waals surface area contributed by atoms with Crippen molar-refractivity contribution in [2.75, 3.05) is 4.90 Å². The fraction of sp³-hybridized carbons (Fsp3) is 0. The highest BCUT2D eigenvalue weighted by atomic mass is 32.1. The molecule has 12 rings (SSSR count). The summed E-state index contributed by atoms with van der Waals surface area (Å²) in [7, 11) is 0. The number of thiophene rings is 1. The standard InChI is InChI=1S/C54H34N2OS/c1-3-14-35(15-4-1)37-26-29-39(30-27-37)55(47-22-13-24-51-53(47)44-20-8-11-23-50(44)57-51)49-34-40(33-45-43-19-9-12-25-52(43)58-54(45)49)56-46-21-10-7-18-41(46)42-31-28-38(32-48(42)56)36-16-5-2-6-17-36/h1-34H. The van der Waals surface area contributed by atoms with E-state index in [4.69, 9.17) is 4.42 Å². The second-order valence-corrected chi connectivity index (χ2v) is 15.9. The molecule has 272 valence electrons. The van der Waals surface area contributed by atoms with E-state index < -0.39 is 0 Å². The molecule has 3 nitrogen and oxygen atoms in total. The molecule has 0 unspecified atom stereocenters. The molecule has 3 heterocycles. The van der Waals surface area contributed by atoms with Crippen LogP contribution in [0.3, 0.4) is 0 Å². The number of nitrogens with zero attached hydrogens (tertiary/aromatic N) is 2. The van der Waals surface area contributed by atoms with Gasteiger partial charge in [0, 0.05) is 43.0 Å². The van der Waals surface area contributed by atoms with Crippen LogP contribution in [-0.2, 0) is 0 Å². The Balaban J connectivity index is 1.19. The summed E-state index contributed by atoms with van der Waals surface area (Å²) in [5.74, 6) is 0. The third-order valence-electron chi connectivity index (χ3n) is 11.6. The van der Waals surface area contributed by atoms with Crippen molar-refractivity contribution >= 4 is 92.3 Å². The number of benzene rings is 9. The number of anilines is 3. The van der Waals surface area contributed by atoms with Gasteiger partial charge in [-0.2, -0.15) is 0 Å². The topological polar surface area (TPSA) is 21.3 Å². The minimum absolute atomic E-state index is 0.865. The molecule has 0 aliphatic rings. The van der Waals surface area contributed by atoms with E-state index >= 15 is 0 Å². The summed E-state index contributed by atoms with van der Waals surface area (Å²) in [6.45, 7) is 0. The maximum absolute atomic E-state index is 6.53. The number of hydrogen-bond acceptors (Lipinski definition) is 3. The van der Waals surface area contributed by atoms with E-state index in [9.17, 15) is 0 Å². The minimum atomic E-state index is 0.865. The average Bonchev–Trinajstić information content (AvgIpc) is 3.97. The Morgan fingerprint density at radius 2 is 1.02 bits per heavy atom. The normalized spacial score (nSPS) is 11.8. The molecule has 0 aliphatic carbocycles. The average molecular weight is 759 g/mol. The first-order valence-corrected chi connectivity index (χ1v) is 20.5. The maximum Gasteiger partial charge on any atom is 0.137 e. The van der Waals surface area contributed by atoms with Crippen LogP contribution >= 0.6 is 11.3 Å². The SMILES string of the molecule is c1ccc(-c2ccc(N(c3cc(-n4c5ccccc5c5ccc(-c6ccccc6)cc54)cc4c3sc3ccccc34)c3cccc4oc5ccccc5c34)cc2)cc1. The Morgan fingerprint density at radius 1 is 0.397 bits per heavy atom. The van der Waals surface area contributed by atoms with Crippen LogP contribution < -0.4 is 4.90 Å². The molecule has 0 saturated carbocycles. The zero-order valence-electron chi connectivity index (χ0n) is 31.3. The lowest BCUT2D eigenvalue weighted by Gasteiger charge is -2.28. The Labute approximate surface area is 338 Å². The lowest BCUT2D eigenvalue weighted by molar-refractivity contribution is 0.669. The van der Waals surface area contributed by atoms with E-state index in [0.29, 0.717) is 0 Å². The van der Waals surface area contributed by atoms with Gasteiger partial charge in [-0.15, -0.1) is 11.3 Å². The van der Waals surface area contributed by atoms with E-state index in [1.807, 2.05) is 17.4 Å². The van der Waals surface area contributed by atoms with Crippen LogP contribution in [0.2, 0.25) is 0 Å². The van der Waals surface area contributed by atoms with Gasteiger partial charge in [-0.05, 0) is 82.9 Å². The molecule has 0 saturated heterocycles. The zero-order chi connectivity index (χ0) is 38.2. The van der Waals surface area contributed by atoms with E-state index in [-0.39, 0.29) is 0 Å². The van der Waals surface area contributed by atoms with Crippen LogP contribution in [0.4, 0.5) is 17.1 Å². The highest BCUT2D eigenvalue weighted by Gasteiger charge is 2.25. The van der Waals surface area contributed by atoms with Gasteiger partial charge in [0.2, 0.25) is 0 Å². The molecule has 0 atom stereocenters. The third-order valence-corrected chi connectivity index (χ3v) is 12.8. The van der Waals surface area contributed by atoms with Crippen molar-refractivity contribution < 1.29 is 4.42 Å². The van der Waals surface area contributed by atoms with E-state index in [0.717, 1.165) is 44.7 Å². The molecule has 3 aromatic heterocycles. The third kappa shape index (κ3) is 5.12. The Morgan fingerprint density at radius 3 is 1.83 bits per heavy atom. The fourth-order valence-corrected chi connectivity index (χ4v) is 10.1. The van der Waals surface area contributed by atoms with Gasteiger partial charge in [-0.3, -0.25) is 0 Å². The molecule has 0 amide bonds. The van der Waals surface area contributed by atoms with E-state index in [1.54, 1.807) is 0 Å². The molecular formula is C54H34N2OS. The van der Waals surface area contributed by atoms with Crippen LogP contribution in [0.25, 0.3) is 91.9 Å². The predicted octanol–water partition coefficient (Wildman–Crippen LogP) is 15.9. The van der Waals surface area contributed by atoms with Crippen molar-refractivity contribution in [2.45, 2.75) is 0 Å². The lowest BCUT2D eigenvalue weighted by Crippen LogP contribution is -2.11. The van der Waals surface area contributed by atoms with Crippen molar-refractivity contribution in [2.24, 2.45) is 0 Å². The van der Waals surface area contributed by atoms with Gasteiger partial charge >= 0.3 is 0 Å². The minimum Gasteiger partial charge on any atom is -0.456 e. The van der Waals surface area contributed by atoms with Crippen LogP contribution in [-0.4, -0.2) is 4.57 Å². The van der Waals surface area contributed by atoms with Crippen molar-refractivity contribution in [3.8, 4) is 27.9 Å². The van der Waals surface area contributed by atoms with Gasteiger partial charge in [0.25, 0.3) is 0 Å². The van der Waals surface area contributed by atoms with Gasteiger partial charge in [-0.25, -0.2) is 0 Å². The van der Waals surface area contributed by atoms with Crippen LogP contribution in [0.1, 0.15) is 0 Å². The highest BCUT2D eigenvalue weighted by Crippen LogP contribution is 2.50. The number of para-hydroxylation sites is 2. The van der Waals surface area contributed by atoms with E-state index in [2.05, 4.69) is 210 Å². The quantitative estimate of drug-likeness (QED) is 0.168. The molecular weight excluding hydrogens is 725 g/mol. The monoisotopic (exact) mass is 758 g/mol. The lowest BCUT2D eigenvalue weighted by atomic mass is 10.0. The van der Waals surface area contributed by atoms with Crippen molar-refractivity contribution in [1.29, 1.82) is 0 Å². The molecule has 4 heteroatoms. The molecule has 0 bridgehead atoms. The first-order chi connectivity index (χ1) is 28.8. The van der Waals surface area contributed by atoms with Crippen molar-refractivity contribution in [1.82, 2.24) is 4.57 Å². The summed E-state index contributed by atoms with van der Waals surface area (Å²) < 4.78 is 11.5. The molecule has 12 aromatic rings. The van der Waals surface area contributed by atoms with Crippen molar-refractivity contribution in [3.63, 3.8) is 0 Å². The number of furan rings is 1. The molecule has 58 heavy (non-hydrogen) atoms.